The third kappa shape index (κ3) is 4.66. The molecule has 0 aliphatic carbocycles. The molecule has 2 N–H and O–H groups in total. The lowest BCUT2D eigenvalue weighted by atomic mass is 10.1. The number of hydrogen-bond acceptors (Lipinski definition) is 3. The smallest absolute Gasteiger partial charge is 0.242 e. The minimum atomic E-state index is -3.76. The summed E-state index contributed by atoms with van der Waals surface area (Å²) in [6.07, 6.45) is 0. The lowest BCUT2D eigenvalue weighted by Crippen LogP contribution is -2.41. The van der Waals surface area contributed by atoms with E-state index in [0.717, 1.165) is 15.6 Å². The summed E-state index contributed by atoms with van der Waals surface area (Å²) in [7, 11) is -3.76. The zero-order chi connectivity index (χ0) is 17.9. The zero-order valence-corrected chi connectivity index (χ0v) is 16.0. The van der Waals surface area contributed by atoms with Crippen LogP contribution in [0.3, 0.4) is 0 Å². The molecular formula is C17H19BrN2O3S. The molecule has 0 fully saturated rings. The molecular weight excluding hydrogens is 392 g/mol. The van der Waals surface area contributed by atoms with Crippen molar-refractivity contribution in [3.63, 3.8) is 0 Å². The van der Waals surface area contributed by atoms with Crippen molar-refractivity contribution in [1.29, 1.82) is 0 Å². The van der Waals surface area contributed by atoms with Gasteiger partial charge in [-0.2, -0.15) is 4.72 Å². The molecule has 0 spiro atoms. The predicted octanol–water partition coefficient (Wildman–Crippen LogP) is 3.37. The summed E-state index contributed by atoms with van der Waals surface area (Å²) >= 11 is 3.25. The summed E-state index contributed by atoms with van der Waals surface area (Å²) in [4.78, 5) is 12.3. The minimum Gasteiger partial charge on any atom is -0.325 e. The van der Waals surface area contributed by atoms with E-state index in [1.165, 1.54) is 19.1 Å². The number of hydrogen-bond donors (Lipinski definition) is 2. The van der Waals surface area contributed by atoms with Crippen LogP contribution in [0, 0.1) is 13.8 Å². The maximum Gasteiger partial charge on any atom is 0.242 e. The van der Waals surface area contributed by atoms with Crippen LogP contribution in [-0.4, -0.2) is 20.4 Å². The maximum absolute atomic E-state index is 12.3. The highest BCUT2D eigenvalue weighted by Gasteiger charge is 2.22. The summed E-state index contributed by atoms with van der Waals surface area (Å²) in [6.45, 7) is 5.44. The topological polar surface area (TPSA) is 75.3 Å². The van der Waals surface area contributed by atoms with Crippen LogP contribution < -0.4 is 10.0 Å². The number of sulfonamides is 1. The molecule has 2 rings (SSSR count). The quantitative estimate of drug-likeness (QED) is 0.792. The summed E-state index contributed by atoms with van der Waals surface area (Å²) in [5, 5.41) is 2.72. The summed E-state index contributed by atoms with van der Waals surface area (Å²) in [5.41, 5.74) is 2.81. The van der Waals surface area contributed by atoms with Crippen molar-refractivity contribution in [2.75, 3.05) is 5.32 Å². The molecule has 1 unspecified atom stereocenters. The van der Waals surface area contributed by atoms with Crippen LogP contribution in [0.5, 0.6) is 0 Å². The van der Waals surface area contributed by atoms with E-state index in [0.29, 0.717) is 5.69 Å². The molecule has 0 aliphatic rings. The Labute approximate surface area is 150 Å². The maximum atomic E-state index is 12.3. The average molecular weight is 411 g/mol. The summed E-state index contributed by atoms with van der Waals surface area (Å²) in [6, 6.07) is 10.9. The van der Waals surface area contributed by atoms with E-state index < -0.39 is 22.0 Å². The third-order valence-electron chi connectivity index (χ3n) is 3.62. The number of amides is 1. The summed E-state index contributed by atoms with van der Waals surface area (Å²) < 4.78 is 27.8. The molecule has 1 amide bonds. The van der Waals surface area contributed by atoms with Crippen molar-refractivity contribution in [2.24, 2.45) is 0 Å². The summed E-state index contributed by atoms with van der Waals surface area (Å²) in [5.74, 6) is -0.418. The Hall–Kier alpha value is -1.70. The van der Waals surface area contributed by atoms with Gasteiger partial charge in [-0.3, -0.25) is 4.79 Å². The van der Waals surface area contributed by atoms with Crippen molar-refractivity contribution in [3.8, 4) is 0 Å². The van der Waals surface area contributed by atoms with E-state index in [2.05, 4.69) is 26.0 Å². The zero-order valence-electron chi connectivity index (χ0n) is 13.6. The number of carbonyl (C=O) groups is 1. The Morgan fingerprint density at radius 2 is 1.67 bits per heavy atom. The highest BCUT2D eigenvalue weighted by atomic mass is 79.9. The van der Waals surface area contributed by atoms with E-state index >= 15 is 0 Å². The van der Waals surface area contributed by atoms with Gasteiger partial charge >= 0.3 is 0 Å². The second-order valence-electron chi connectivity index (χ2n) is 5.59. The lowest BCUT2D eigenvalue weighted by Gasteiger charge is -2.15. The first-order valence-electron chi connectivity index (χ1n) is 7.35. The van der Waals surface area contributed by atoms with Crippen molar-refractivity contribution in [3.05, 3.63) is 58.1 Å². The third-order valence-corrected chi connectivity index (χ3v) is 5.71. The van der Waals surface area contributed by atoms with Crippen LogP contribution in [0.25, 0.3) is 0 Å². The molecule has 0 heterocycles. The molecule has 2 aromatic carbocycles. The molecule has 128 valence electrons. The molecule has 0 saturated heterocycles. The Balaban J connectivity index is 2.07. The fraction of sp³-hybridized carbons (Fsp3) is 0.235. The molecule has 0 aliphatic heterocycles. The second-order valence-corrected chi connectivity index (χ2v) is 8.21. The number of nitrogens with one attached hydrogen (secondary N) is 2. The monoisotopic (exact) mass is 410 g/mol. The molecule has 7 heteroatoms. The Bertz CT molecular complexity index is 849. The molecule has 5 nitrogen and oxygen atoms in total. The Kier molecular flexibility index (Phi) is 5.79. The van der Waals surface area contributed by atoms with Gasteiger partial charge in [0.25, 0.3) is 0 Å². The largest absolute Gasteiger partial charge is 0.325 e. The van der Waals surface area contributed by atoms with E-state index in [9.17, 15) is 13.2 Å². The van der Waals surface area contributed by atoms with Gasteiger partial charge in [0.15, 0.2) is 0 Å². The van der Waals surface area contributed by atoms with Crippen molar-refractivity contribution in [2.45, 2.75) is 31.7 Å². The number of halogens is 1. The van der Waals surface area contributed by atoms with Gasteiger partial charge in [0.2, 0.25) is 15.9 Å². The highest BCUT2D eigenvalue weighted by molar-refractivity contribution is 9.10. The first-order chi connectivity index (χ1) is 11.2. The predicted molar refractivity (Wildman–Crippen MR) is 98.5 cm³/mol. The first kappa shape index (κ1) is 18.6. The molecule has 0 saturated carbocycles. The minimum absolute atomic E-state index is 0.108. The average Bonchev–Trinajstić information content (AvgIpc) is 2.51. The van der Waals surface area contributed by atoms with Gasteiger partial charge in [0.1, 0.15) is 0 Å². The van der Waals surface area contributed by atoms with Crippen LogP contribution in [0.15, 0.2) is 51.8 Å². The van der Waals surface area contributed by atoms with Gasteiger partial charge in [-0.1, -0.05) is 22.0 Å². The fourth-order valence-electron chi connectivity index (χ4n) is 2.04. The number of aryl methyl sites for hydroxylation is 2. The van der Waals surface area contributed by atoms with Crippen LogP contribution in [0.2, 0.25) is 0 Å². The number of carbonyl (C=O) groups excluding carboxylic acids is 1. The Morgan fingerprint density at radius 1 is 1.04 bits per heavy atom. The molecule has 2 aromatic rings. The van der Waals surface area contributed by atoms with Gasteiger partial charge in [-0.25, -0.2) is 8.42 Å². The van der Waals surface area contributed by atoms with E-state index in [1.807, 2.05) is 26.0 Å². The molecule has 0 radical (unpaired) electrons. The van der Waals surface area contributed by atoms with Crippen molar-refractivity contribution >= 4 is 37.5 Å². The number of rotatable bonds is 5. The molecule has 0 aromatic heterocycles. The standard InChI is InChI=1S/C17H19BrN2O3S/c1-11-4-7-15(10-12(11)2)19-17(21)13(3)20-24(22,23)16-8-5-14(18)6-9-16/h4-10,13,20H,1-3H3,(H,19,21). The normalized spacial score (nSPS) is 12.7. The van der Waals surface area contributed by atoms with Crippen LogP contribution in [0.1, 0.15) is 18.1 Å². The SMILES string of the molecule is Cc1ccc(NC(=O)C(C)NS(=O)(=O)c2ccc(Br)cc2)cc1C. The van der Waals surface area contributed by atoms with Gasteiger partial charge in [0.05, 0.1) is 10.9 Å². The van der Waals surface area contributed by atoms with Crippen molar-refractivity contribution < 1.29 is 13.2 Å². The number of benzene rings is 2. The van der Waals surface area contributed by atoms with E-state index in [4.69, 9.17) is 0 Å². The van der Waals surface area contributed by atoms with Gasteiger partial charge in [0, 0.05) is 10.2 Å². The first-order valence-corrected chi connectivity index (χ1v) is 9.62. The van der Waals surface area contributed by atoms with Gasteiger partial charge in [-0.05, 0) is 68.3 Å². The van der Waals surface area contributed by atoms with E-state index in [1.54, 1.807) is 18.2 Å². The highest BCUT2D eigenvalue weighted by Crippen LogP contribution is 2.16. The number of anilines is 1. The molecule has 0 bridgehead atoms. The van der Waals surface area contributed by atoms with Crippen molar-refractivity contribution in [1.82, 2.24) is 4.72 Å². The van der Waals surface area contributed by atoms with Gasteiger partial charge in [-0.15, -0.1) is 0 Å². The van der Waals surface area contributed by atoms with Crippen LogP contribution in [-0.2, 0) is 14.8 Å². The van der Waals surface area contributed by atoms with E-state index in [-0.39, 0.29) is 4.90 Å². The second kappa shape index (κ2) is 7.46. The fourth-order valence-corrected chi connectivity index (χ4v) is 3.51. The molecule has 24 heavy (non-hydrogen) atoms. The van der Waals surface area contributed by atoms with Gasteiger partial charge < -0.3 is 5.32 Å². The van der Waals surface area contributed by atoms with Crippen LogP contribution >= 0.6 is 15.9 Å². The molecule has 1 atom stereocenters. The van der Waals surface area contributed by atoms with Crippen LogP contribution in [0.4, 0.5) is 5.69 Å². The lowest BCUT2D eigenvalue weighted by molar-refractivity contribution is -0.117. The Morgan fingerprint density at radius 3 is 2.25 bits per heavy atom.